The quantitative estimate of drug-likeness (QED) is 0.895. The molecule has 0 spiro atoms. The molecule has 0 bridgehead atoms. The molecule has 0 unspecified atom stereocenters. The average molecular weight is 277 g/mol. The monoisotopic (exact) mass is 277 g/mol. The summed E-state index contributed by atoms with van der Waals surface area (Å²) in [6, 6.07) is 7.78. The molecule has 110 valence electrons. The second-order valence-corrected chi connectivity index (χ2v) is 5.92. The van der Waals surface area contributed by atoms with Crippen LogP contribution in [0, 0.1) is 12.8 Å². The summed E-state index contributed by atoms with van der Waals surface area (Å²) in [6.45, 7) is 7.21. The summed E-state index contributed by atoms with van der Waals surface area (Å²) in [7, 11) is 0. The fourth-order valence-corrected chi connectivity index (χ4v) is 2.28. The van der Waals surface area contributed by atoms with Crippen LogP contribution in [0.15, 0.2) is 24.3 Å². The van der Waals surface area contributed by atoms with Crippen LogP contribution >= 0.6 is 0 Å². The maximum Gasteiger partial charge on any atom is 0.226 e. The third kappa shape index (κ3) is 3.31. The van der Waals surface area contributed by atoms with E-state index in [1.54, 1.807) is 4.90 Å². The Morgan fingerprint density at radius 3 is 2.75 bits per heavy atom. The molecular weight excluding hydrogens is 254 g/mol. The topological polar surface area (TPSA) is 49.8 Å². The van der Waals surface area contributed by atoms with Crippen LogP contribution in [0.4, 0.5) is 0 Å². The highest BCUT2D eigenvalue weighted by Gasteiger charge is 2.45. The summed E-state index contributed by atoms with van der Waals surface area (Å²) in [4.78, 5) is 13.6. The molecule has 4 nitrogen and oxygen atoms in total. The summed E-state index contributed by atoms with van der Waals surface area (Å²) in [6.07, 6.45) is 0.349. The first-order valence-electron chi connectivity index (χ1n) is 7.10. The van der Waals surface area contributed by atoms with E-state index in [2.05, 4.69) is 0 Å². The lowest BCUT2D eigenvalue weighted by Crippen LogP contribution is -2.66. The largest absolute Gasteiger partial charge is 0.493 e. The van der Waals surface area contributed by atoms with Gasteiger partial charge in [-0.25, -0.2) is 0 Å². The van der Waals surface area contributed by atoms with E-state index in [1.807, 2.05) is 45.0 Å². The molecule has 0 aliphatic carbocycles. The summed E-state index contributed by atoms with van der Waals surface area (Å²) in [5, 5.41) is 10.1. The number of hydrogen-bond donors (Lipinski definition) is 1. The first-order chi connectivity index (χ1) is 9.40. The predicted octanol–water partition coefficient (Wildman–Crippen LogP) is 1.99. The molecular formula is C16H23NO3. The Labute approximate surface area is 120 Å². The number of benzene rings is 1. The number of ether oxygens (including phenoxy) is 1. The van der Waals surface area contributed by atoms with Crippen LogP contribution in [0.25, 0.3) is 0 Å². The van der Waals surface area contributed by atoms with Gasteiger partial charge in [-0.1, -0.05) is 26.0 Å². The molecule has 0 radical (unpaired) electrons. The van der Waals surface area contributed by atoms with Crippen molar-refractivity contribution in [2.75, 3.05) is 19.7 Å². The van der Waals surface area contributed by atoms with Crippen LogP contribution < -0.4 is 4.74 Å². The van der Waals surface area contributed by atoms with Gasteiger partial charge in [0.15, 0.2) is 0 Å². The van der Waals surface area contributed by atoms with Gasteiger partial charge >= 0.3 is 0 Å². The number of carbonyl (C=O) groups is 1. The Bertz CT molecular complexity index is 478. The molecule has 1 N–H and O–H groups in total. The van der Waals surface area contributed by atoms with Crippen molar-refractivity contribution in [3.63, 3.8) is 0 Å². The average Bonchev–Trinajstić information content (AvgIpc) is 2.34. The van der Waals surface area contributed by atoms with Gasteiger partial charge in [0.25, 0.3) is 0 Å². The molecule has 4 heteroatoms. The number of hydrogen-bond acceptors (Lipinski definition) is 3. The lowest BCUT2D eigenvalue weighted by molar-refractivity contribution is -0.164. The fourth-order valence-electron chi connectivity index (χ4n) is 2.28. The number of amides is 1. The minimum Gasteiger partial charge on any atom is -0.493 e. The SMILES string of the molecule is Cc1cccc(OCCC(=O)N2CC(O)(C(C)C)C2)c1. The van der Waals surface area contributed by atoms with E-state index < -0.39 is 5.60 Å². The van der Waals surface area contributed by atoms with Crippen molar-refractivity contribution < 1.29 is 14.6 Å². The minimum atomic E-state index is -0.701. The summed E-state index contributed by atoms with van der Waals surface area (Å²) in [5.41, 5.74) is 0.436. The van der Waals surface area contributed by atoms with Crippen LogP contribution in [0.2, 0.25) is 0 Å². The number of β-amino-alcohol motifs (C(OH)–C–C–N with tert-alkyl or cyclic N) is 1. The van der Waals surface area contributed by atoms with Crippen LogP contribution in [0.5, 0.6) is 5.75 Å². The number of aliphatic hydroxyl groups is 1. The molecule has 1 heterocycles. The van der Waals surface area contributed by atoms with Gasteiger partial charge in [0.05, 0.1) is 26.1 Å². The van der Waals surface area contributed by atoms with E-state index in [0.29, 0.717) is 26.1 Å². The third-order valence-electron chi connectivity index (χ3n) is 3.93. The number of likely N-dealkylation sites (tertiary alicyclic amines) is 1. The Morgan fingerprint density at radius 1 is 1.45 bits per heavy atom. The predicted molar refractivity (Wildman–Crippen MR) is 77.7 cm³/mol. The van der Waals surface area contributed by atoms with Crippen LogP contribution in [0.1, 0.15) is 25.8 Å². The molecule has 1 fully saturated rings. The van der Waals surface area contributed by atoms with Crippen molar-refractivity contribution in [1.29, 1.82) is 0 Å². The zero-order chi connectivity index (χ0) is 14.8. The van der Waals surface area contributed by atoms with E-state index in [-0.39, 0.29) is 11.8 Å². The van der Waals surface area contributed by atoms with Gasteiger partial charge in [-0.05, 0) is 30.5 Å². The van der Waals surface area contributed by atoms with Crippen LogP contribution in [-0.4, -0.2) is 41.2 Å². The zero-order valence-electron chi connectivity index (χ0n) is 12.4. The highest BCUT2D eigenvalue weighted by molar-refractivity contribution is 5.77. The molecule has 1 saturated heterocycles. The van der Waals surface area contributed by atoms with Gasteiger partial charge in [-0.15, -0.1) is 0 Å². The number of carbonyl (C=O) groups excluding carboxylic acids is 1. The van der Waals surface area contributed by atoms with Gasteiger partial charge in [0, 0.05) is 0 Å². The van der Waals surface area contributed by atoms with Gasteiger partial charge in [-0.3, -0.25) is 4.79 Å². The Kier molecular flexibility index (Phi) is 4.33. The Hall–Kier alpha value is -1.55. The molecule has 1 aromatic carbocycles. The third-order valence-corrected chi connectivity index (χ3v) is 3.93. The molecule has 1 aromatic rings. The maximum absolute atomic E-state index is 11.9. The smallest absolute Gasteiger partial charge is 0.226 e. The van der Waals surface area contributed by atoms with Gasteiger partial charge in [0.1, 0.15) is 11.4 Å². The van der Waals surface area contributed by atoms with Gasteiger partial charge < -0.3 is 14.7 Å². The van der Waals surface area contributed by atoms with Crippen molar-refractivity contribution in [2.24, 2.45) is 5.92 Å². The van der Waals surface area contributed by atoms with E-state index in [4.69, 9.17) is 4.74 Å². The lowest BCUT2D eigenvalue weighted by atomic mass is 9.83. The molecule has 0 saturated carbocycles. The molecule has 20 heavy (non-hydrogen) atoms. The summed E-state index contributed by atoms with van der Waals surface area (Å²) in [5.74, 6) is 1.01. The molecule has 0 atom stereocenters. The Morgan fingerprint density at radius 2 is 2.15 bits per heavy atom. The number of nitrogens with zero attached hydrogens (tertiary/aromatic N) is 1. The molecule has 2 rings (SSSR count). The van der Waals surface area contributed by atoms with Crippen LogP contribution in [-0.2, 0) is 4.79 Å². The standard InChI is InChI=1S/C16H23NO3/c1-12(2)16(19)10-17(11-16)15(18)7-8-20-14-6-4-5-13(3)9-14/h4-6,9,12,19H,7-8,10-11H2,1-3H3. The molecule has 1 amide bonds. The van der Waals surface area contributed by atoms with E-state index in [9.17, 15) is 9.90 Å². The maximum atomic E-state index is 11.9. The highest BCUT2D eigenvalue weighted by atomic mass is 16.5. The second kappa shape index (κ2) is 5.83. The molecule has 1 aliphatic rings. The molecule has 1 aliphatic heterocycles. The van der Waals surface area contributed by atoms with Gasteiger partial charge in [-0.2, -0.15) is 0 Å². The fraction of sp³-hybridized carbons (Fsp3) is 0.562. The normalized spacial score (nSPS) is 16.9. The van der Waals surface area contributed by atoms with Crippen molar-refractivity contribution >= 4 is 5.91 Å². The second-order valence-electron chi connectivity index (χ2n) is 5.92. The minimum absolute atomic E-state index is 0.0444. The molecule has 0 aromatic heterocycles. The van der Waals surface area contributed by atoms with Crippen molar-refractivity contribution in [3.05, 3.63) is 29.8 Å². The number of aryl methyl sites for hydroxylation is 1. The Balaban J connectivity index is 1.72. The summed E-state index contributed by atoms with van der Waals surface area (Å²) >= 11 is 0. The first-order valence-corrected chi connectivity index (χ1v) is 7.10. The van der Waals surface area contributed by atoms with Gasteiger partial charge in [0.2, 0.25) is 5.91 Å². The van der Waals surface area contributed by atoms with Crippen molar-refractivity contribution in [3.8, 4) is 5.75 Å². The van der Waals surface area contributed by atoms with Crippen molar-refractivity contribution in [2.45, 2.75) is 32.8 Å². The van der Waals surface area contributed by atoms with E-state index >= 15 is 0 Å². The van der Waals surface area contributed by atoms with Crippen LogP contribution in [0.3, 0.4) is 0 Å². The van der Waals surface area contributed by atoms with Crippen molar-refractivity contribution in [1.82, 2.24) is 4.90 Å². The summed E-state index contributed by atoms with van der Waals surface area (Å²) < 4.78 is 5.57. The zero-order valence-corrected chi connectivity index (χ0v) is 12.4. The van der Waals surface area contributed by atoms with E-state index in [1.165, 1.54) is 0 Å². The highest BCUT2D eigenvalue weighted by Crippen LogP contribution is 2.28. The first kappa shape index (κ1) is 14.9. The number of rotatable bonds is 5. The van der Waals surface area contributed by atoms with E-state index in [0.717, 1.165) is 11.3 Å². The lowest BCUT2D eigenvalue weighted by Gasteiger charge is -2.49.